The lowest BCUT2D eigenvalue weighted by Gasteiger charge is -2.16. The zero-order valence-electron chi connectivity index (χ0n) is 7.45. The fraction of sp³-hybridized carbons (Fsp3) is 0.667. The van der Waals surface area contributed by atoms with Gasteiger partial charge in [0.1, 0.15) is 0 Å². The summed E-state index contributed by atoms with van der Waals surface area (Å²) in [7, 11) is 0. The zero-order chi connectivity index (χ0) is 8.55. The molecular weight excluding hydrogens is 150 g/mol. The summed E-state index contributed by atoms with van der Waals surface area (Å²) in [4.78, 5) is 0. The summed E-state index contributed by atoms with van der Waals surface area (Å²) in [6, 6.07) is 0.231. The largest absolute Gasteiger partial charge is 0.324 e. The summed E-state index contributed by atoms with van der Waals surface area (Å²) < 4.78 is 1.98. The van der Waals surface area contributed by atoms with Gasteiger partial charge < -0.3 is 5.73 Å². The maximum absolute atomic E-state index is 5.96. The second-order valence-corrected chi connectivity index (χ2v) is 3.39. The lowest BCUT2D eigenvalue weighted by atomic mass is 9.94. The lowest BCUT2D eigenvalue weighted by molar-refractivity contribution is 0.564. The topological polar surface area (TPSA) is 43.8 Å². The van der Waals surface area contributed by atoms with Gasteiger partial charge in [-0.15, -0.1) is 0 Å². The Morgan fingerprint density at radius 2 is 2.58 bits per heavy atom. The molecule has 0 saturated carbocycles. The van der Waals surface area contributed by atoms with E-state index in [1.54, 1.807) is 0 Å². The molecule has 12 heavy (non-hydrogen) atoms. The highest BCUT2D eigenvalue weighted by Gasteiger charge is 2.19. The third-order valence-electron chi connectivity index (χ3n) is 2.52. The highest BCUT2D eigenvalue weighted by atomic mass is 15.3. The van der Waals surface area contributed by atoms with Crippen molar-refractivity contribution in [2.45, 2.75) is 38.8 Å². The first-order valence-electron chi connectivity index (χ1n) is 4.63. The van der Waals surface area contributed by atoms with Crippen LogP contribution in [0.3, 0.4) is 0 Å². The van der Waals surface area contributed by atoms with E-state index in [1.807, 2.05) is 4.68 Å². The van der Waals surface area contributed by atoms with Crippen molar-refractivity contribution in [2.75, 3.05) is 0 Å². The van der Waals surface area contributed by atoms with Crippen molar-refractivity contribution < 1.29 is 0 Å². The Labute approximate surface area is 72.6 Å². The van der Waals surface area contributed by atoms with Crippen molar-refractivity contribution in [1.82, 2.24) is 9.78 Å². The van der Waals surface area contributed by atoms with E-state index in [4.69, 9.17) is 5.73 Å². The first-order chi connectivity index (χ1) is 5.81. The van der Waals surface area contributed by atoms with Gasteiger partial charge in [0.05, 0.1) is 5.69 Å². The van der Waals surface area contributed by atoms with Crippen LogP contribution in [0.15, 0.2) is 6.20 Å². The molecule has 1 aliphatic carbocycles. The van der Waals surface area contributed by atoms with Crippen LogP contribution in [0, 0.1) is 0 Å². The van der Waals surface area contributed by atoms with Gasteiger partial charge in [-0.05, 0) is 26.2 Å². The van der Waals surface area contributed by atoms with E-state index < -0.39 is 0 Å². The van der Waals surface area contributed by atoms with Crippen molar-refractivity contribution in [3.05, 3.63) is 17.5 Å². The first-order valence-corrected chi connectivity index (χ1v) is 4.63. The van der Waals surface area contributed by atoms with Gasteiger partial charge in [-0.25, -0.2) is 0 Å². The molecule has 0 amide bonds. The normalized spacial score (nSPS) is 22.3. The maximum Gasteiger partial charge on any atom is 0.0672 e. The van der Waals surface area contributed by atoms with Crippen LogP contribution in [0.5, 0.6) is 0 Å². The first kappa shape index (κ1) is 7.80. The summed E-state index contributed by atoms with van der Waals surface area (Å²) in [5.74, 6) is 0. The second kappa shape index (κ2) is 2.90. The quantitative estimate of drug-likeness (QED) is 0.680. The Morgan fingerprint density at radius 1 is 1.75 bits per heavy atom. The standard InChI is InChI=1S/C9H15N3/c1-2-12-6-7-8(10)4-3-5-9(7)11-12/h6,8H,2-5,10H2,1H3. The van der Waals surface area contributed by atoms with E-state index in [2.05, 4.69) is 18.2 Å². The summed E-state index contributed by atoms with van der Waals surface area (Å²) >= 11 is 0. The van der Waals surface area contributed by atoms with Gasteiger partial charge in [0, 0.05) is 24.3 Å². The predicted molar refractivity (Wildman–Crippen MR) is 47.8 cm³/mol. The predicted octanol–water partition coefficient (Wildman–Crippen LogP) is 1.24. The van der Waals surface area contributed by atoms with Crippen LogP contribution in [0.4, 0.5) is 0 Å². The fourth-order valence-electron chi connectivity index (χ4n) is 1.79. The highest BCUT2D eigenvalue weighted by Crippen LogP contribution is 2.26. The van der Waals surface area contributed by atoms with Crippen LogP contribution in [0.25, 0.3) is 0 Å². The minimum atomic E-state index is 0.231. The van der Waals surface area contributed by atoms with Crippen LogP contribution in [-0.4, -0.2) is 9.78 Å². The number of nitrogens with zero attached hydrogens (tertiary/aromatic N) is 2. The van der Waals surface area contributed by atoms with Gasteiger partial charge in [0.15, 0.2) is 0 Å². The number of fused-ring (bicyclic) bond motifs is 1. The molecule has 1 atom stereocenters. The molecule has 1 aromatic heterocycles. The highest BCUT2D eigenvalue weighted by molar-refractivity contribution is 5.23. The lowest BCUT2D eigenvalue weighted by Crippen LogP contribution is -2.15. The van der Waals surface area contributed by atoms with Gasteiger partial charge in [-0.2, -0.15) is 5.10 Å². The molecule has 1 heterocycles. The van der Waals surface area contributed by atoms with Crippen molar-refractivity contribution in [2.24, 2.45) is 5.73 Å². The second-order valence-electron chi connectivity index (χ2n) is 3.39. The van der Waals surface area contributed by atoms with Crippen LogP contribution < -0.4 is 5.73 Å². The Balaban J connectivity index is 2.37. The Morgan fingerprint density at radius 3 is 3.25 bits per heavy atom. The smallest absolute Gasteiger partial charge is 0.0672 e. The minimum absolute atomic E-state index is 0.231. The molecule has 66 valence electrons. The van der Waals surface area contributed by atoms with Gasteiger partial charge in [-0.1, -0.05) is 0 Å². The van der Waals surface area contributed by atoms with Crippen molar-refractivity contribution in [1.29, 1.82) is 0 Å². The van der Waals surface area contributed by atoms with Gasteiger partial charge >= 0.3 is 0 Å². The molecule has 2 rings (SSSR count). The third kappa shape index (κ3) is 1.14. The number of hydrogen-bond donors (Lipinski definition) is 1. The van der Waals surface area contributed by atoms with E-state index in [1.165, 1.54) is 17.7 Å². The number of hydrogen-bond acceptors (Lipinski definition) is 2. The maximum atomic E-state index is 5.96. The zero-order valence-corrected chi connectivity index (χ0v) is 7.45. The number of rotatable bonds is 1. The Hall–Kier alpha value is -0.830. The third-order valence-corrected chi connectivity index (χ3v) is 2.52. The molecule has 0 aliphatic heterocycles. The molecule has 2 N–H and O–H groups in total. The SMILES string of the molecule is CCn1cc2c(n1)CCCC2N. The van der Waals surface area contributed by atoms with Crippen LogP contribution in [0.1, 0.15) is 37.1 Å². The summed E-state index contributed by atoms with van der Waals surface area (Å²) in [6.45, 7) is 3.05. The molecule has 1 aromatic rings. The molecule has 0 saturated heterocycles. The van der Waals surface area contributed by atoms with E-state index in [0.29, 0.717) is 0 Å². The summed E-state index contributed by atoms with van der Waals surface area (Å²) in [5, 5.41) is 4.46. The van der Waals surface area contributed by atoms with E-state index in [-0.39, 0.29) is 6.04 Å². The van der Waals surface area contributed by atoms with Gasteiger partial charge in [0.25, 0.3) is 0 Å². The van der Waals surface area contributed by atoms with Crippen molar-refractivity contribution >= 4 is 0 Å². The average molecular weight is 165 g/mol. The molecule has 0 fully saturated rings. The fourth-order valence-corrected chi connectivity index (χ4v) is 1.79. The molecule has 0 bridgehead atoms. The van der Waals surface area contributed by atoms with Crippen LogP contribution in [-0.2, 0) is 13.0 Å². The molecule has 3 nitrogen and oxygen atoms in total. The molecule has 0 radical (unpaired) electrons. The van der Waals surface area contributed by atoms with Crippen molar-refractivity contribution in [3.63, 3.8) is 0 Å². The molecule has 0 aromatic carbocycles. The molecule has 3 heteroatoms. The van der Waals surface area contributed by atoms with Crippen molar-refractivity contribution in [3.8, 4) is 0 Å². The summed E-state index contributed by atoms with van der Waals surface area (Å²) in [5.41, 5.74) is 8.45. The monoisotopic (exact) mass is 165 g/mol. The Kier molecular flexibility index (Phi) is 1.89. The number of nitrogens with two attached hydrogens (primary N) is 1. The number of aromatic nitrogens is 2. The van der Waals surface area contributed by atoms with E-state index in [9.17, 15) is 0 Å². The minimum Gasteiger partial charge on any atom is -0.324 e. The summed E-state index contributed by atoms with van der Waals surface area (Å²) in [6.07, 6.45) is 5.51. The Bertz CT molecular complexity index is 277. The molecule has 1 unspecified atom stereocenters. The van der Waals surface area contributed by atoms with E-state index in [0.717, 1.165) is 19.4 Å². The van der Waals surface area contributed by atoms with Gasteiger partial charge in [-0.3, -0.25) is 4.68 Å². The molecular formula is C9H15N3. The average Bonchev–Trinajstić information content (AvgIpc) is 2.49. The number of aryl methyl sites for hydroxylation is 2. The molecule has 1 aliphatic rings. The molecule has 0 spiro atoms. The van der Waals surface area contributed by atoms with E-state index >= 15 is 0 Å². The van der Waals surface area contributed by atoms with Crippen LogP contribution >= 0.6 is 0 Å². The van der Waals surface area contributed by atoms with Crippen LogP contribution in [0.2, 0.25) is 0 Å². The van der Waals surface area contributed by atoms with Gasteiger partial charge in [0.2, 0.25) is 0 Å².